The van der Waals surface area contributed by atoms with E-state index in [0.29, 0.717) is 6.61 Å². The summed E-state index contributed by atoms with van der Waals surface area (Å²) < 4.78 is 5.08. The van der Waals surface area contributed by atoms with Gasteiger partial charge in [0.25, 0.3) is 0 Å². The highest BCUT2D eigenvalue weighted by Crippen LogP contribution is 1.95. The zero-order valence-electron chi connectivity index (χ0n) is 8.01. The number of Topliss-reactive ketones (excluding diaryl/α,β-unsaturated/α-hetero) is 1. The Morgan fingerprint density at radius 3 is 2.58 bits per heavy atom. The number of rotatable bonds is 7. The molecule has 0 aliphatic rings. The lowest BCUT2D eigenvalue weighted by molar-refractivity contribution is -0.125. The standard InChI is InChI=1S/C9H19NO2/c1-3-5-8(10)9(11)7-12-6-4-2/h8H,3-7,10H2,1-2H3. The number of nitrogens with two attached hydrogens (primary N) is 1. The molecule has 0 amide bonds. The molecule has 0 bridgehead atoms. The van der Waals surface area contributed by atoms with Crippen molar-refractivity contribution in [3.63, 3.8) is 0 Å². The fourth-order valence-electron chi connectivity index (χ4n) is 0.896. The van der Waals surface area contributed by atoms with Crippen molar-refractivity contribution in [3.05, 3.63) is 0 Å². The third-order valence-corrected chi connectivity index (χ3v) is 1.61. The Bertz CT molecular complexity index is 126. The first kappa shape index (κ1) is 11.6. The van der Waals surface area contributed by atoms with Crippen molar-refractivity contribution in [2.45, 2.75) is 39.2 Å². The normalized spacial score (nSPS) is 12.9. The number of carbonyl (C=O) groups is 1. The average Bonchev–Trinajstić information content (AvgIpc) is 2.05. The van der Waals surface area contributed by atoms with Crippen molar-refractivity contribution in [1.29, 1.82) is 0 Å². The van der Waals surface area contributed by atoms with Crippen LogP contribution in [-0.4, -0.2) is 25.0 Å². The summed E-state index contributed by atoms with van der Waals surface area (Å²) in [6, 6.07) is -0.327. The largest absolute Gasteiger partial charge is 0.374 e. The van der Waals surface area contributed by atoms with Crippen molar-refractivity contribution >= 4 is 5.78 Å². The molecule has 0 heterocycles. The number of hydrogen-bond donors (Lipinski definition) is 1. The van der Waals surface area contributed by atoms with Crippen molar-refractivity contribution < 1.29 is 9.53 Å². The molecule has 0 fully saturated rings. The van der Waals surface area contributed by atoms with E-state index in [4.69, 9.17) is 10.5 Å². The molecule has 3 nitrogen and oxygen atoms in total. The summed E-state index contributed by atoms with van der Waals surface area (Å²) in [4.78, 5) is 11.2. The number of hydrogen-bond acceptors (Lipinski definition) is 3. The van der Waals surface area contributed by atoms with Gasteiger partial charge in [0.15, 0.2) is 5.78 Å². The Kier molecular flexibility index (Phi) is 7.00. The lowest BCUT2D eigenvalue weighted by atomic mass is 10.1. The first-order valence-electron chi connectivity index (χ1n) is 4.58. The van der Waals surface area contributed by atoms with Crippen molar-refractivity contribution in [1.82, 2.24) is 0 Å². The summed E-state index contributed by atoms with van der Waals surface area (Å²) in [5.41, 5.74) is 5.58. The van der Waals surface area contributed by atoms with Gasteiger partial charge in [-0.1, -0.05) is 20.3 Å². The van der Waals surface area contributed by atoms with Gasteiger partial charge in [-0.3, -0.25) is 4.79 Å². The maximum atomic E-state index is 11.2. The summed E-state index contributed by atoms with van der Waals surface area (Å²) in [7, 11) is 0. The van der Waals surface area contributed by atoms with Crippen LogP contribution in [0.25, 0.3) is 0 Å². The molecule has 0 radical (unpaired) electrons. The maximum absolute atomic E-state index is 11.2. The molecule has 2 N–H and O–H groups in total. The van der Waals surface area contributed by atoms with Gasteiger partial charge in [-0.15, -0.1) is 0 Å². The van der Waals surface area contributed by atoms with E-state index in [-0.39, 0.29) is 18.4 Å². The molecule has 72 valence electrons. The molecule has 0 aromatic heterocycles. The lowest BCUT2D eigenvalue weighted by Gasteiger charge is -2.08. The minimum atomic E-state index is -0.327. The highest BCUT2D eigenvalue weighted by atomic mass is 16.5. The molecular weight excluding hydrogens is 154 g/mol. The third-order valence-electron chi connectivity index (χ3n) is 1.61. The Morgan fingerprint density at radius 2 is 2.08 bits per heavy atom. The van der Waals surface area contributed by atoms with E-state index in [1.165, 1.54) is 0 Å². The maximum Gasteiger partial charge on any atom is 0.175 e. The van der Waals surface area contributed by atoms with Crippen LogP contribution in [-0.2, 0) is 9.53 Å². The highest BCUT2D eigenvalue weighted by Gasteiger charge is 2.11. The molecule has 0 spiro atoms. The number of ether oxygens (including phenoxy) is 1. The third kappa shape index (κ3) is 5.27. The summed E-state index contributed by atoms with van der Waals surface area (Å²) in [6.07, 6.45) is 2.64. The Hall–Kier alpha value is -0.410. The molecule has 12 heavy (non-hydrogen) atoms. The molecule has 0 saturated carbocycles. The fourth-order valence-corrected chi connectivity index (χ4v) is 0.896. The number of ketones is 1. The SMILES string of the molecule is CCCOCC(=O)C(N)CCC. The van der Waals surface area contributed by atoms with Gasteiger partial charge in [0, 0.05) is 6.61 Å². The summed E-state index contributed by atoms with van der Waals surface area (Å²) in [5, 5.41) is 0. The predicted molar refractivity (Wildman–Crippen MR) is 49.0 cm³/mol. The Morgan fingerprint density at radius 1 is 1.42 bits per heavy atom. The highest BCUT2D eigenvalue weighted by molar-refractivity contribution is 5.84. The van der Waals surface area contributed by atoms with Crippen molar-refractivity contribution in [2.24, 2.45) is 5.73 Å². The molecule has 3 heteroatoms. The van der Waals surface area contributed by atoms with E-state index < -0.39 is 0 Å². The van der Waals surface area contributed by atoms with Gasteiger partial charge in [0.2, 0.25) is 0 Å². The molecule has 1 unspecified atom stereocenters. The molecule has 0 aliphatic carbocycles. The smallest absolute Gasteiger partial charge is 0.175 e. The minimum absolute atomic E-state index is 0.0188. The topological polar surface area (TPSA) is 52.3 Å². The van der Waals surface area contributed by atoms with Crippen LogP contribution in [0.4, 0.5) is 0 Å². The van der Waals surface area contributed by atoms with Crippen molar-refractivity contribution in [2.75, 3.05) is 13.2 Å². The van der Waals surface area contributed by atoms with Gasteiger partial charge >= 0.3 is 0 Å². The van der Waals surface area contributed by atoms with Gasteiger partial charge in [0.05, 0.1) is 6.04 Å². The average molecular weight is 173 g/mol. The van der Waals surface area contributed by atoms with Crippen molar-refractivity contribution in [3.8, 4) is 0 Å². The molecule has 0 rings (SSSR count). The van der Waals surface area contributed by atoms with Gasteiger partial charge < -0.3 is 10.5 Å². The number of carbonyl (C=O) groups excluding carboxylic acids is 1. The Labute approximate surface area is 74.3 Å². The molecular formula is C9H19NO2. The van der Waals surface area contributed by atoms with E-state index >= 15 is 0 Å². The summed E-state index contributed by atoms with van der Waals surface area (Å²) in [5.74, 6) is 0.0188. The van der Waals surface area contributed by atoms with Crippen LogP contribution in [0.1, 0.15) is 33.1 Å². The van der Waals surface area contributed by atoms with Gasteiger partial charge in [-0.2, -0.15) is 0 Å². The van der Waals surface area contributed by atoms with Crippen LogP contribution in [0.3, 0.4) is 0 Å². The van der Waals surface area contributed by atoms with Crippen LogP contribution >= 0.6 is 0 Å². The first-order chi connectivity index (χ1) is 5.72. The Balaban J connectivity index is 3.43. The monoisotopic (exact) mass is 173 g/mol. The van der Waals surface area contributed by atoms with E-state index in [1.54, 1.807) is 0 Å². The molecule has 1 atom stereocenters. The van der Waals surface area contributed by atoms with Crippen LogP contribution in [0, 0.1) is 0 Å². The molecule has 0 aliphatic heterocycles. The molecule has 0 aromatic carbocycles. The second-order valence-electron chi connectivity index (χ2n) is 2.91. The first-order valence-corrected chi connectivity index (χ1v) is 4.58. The second kappa shape index (κ2) is 7.25. The van der Waals surface area contributed by atoms with Gasteiger partial charge in [0.1, 0.15) is 6.61 Å². The lowest BCUT2D eigenvalue weighted by Crippen LogP contribution is -2.33. The van der Waals surface area contributed by atoms with Gasteiger partial charge in [-0.25, -0.2) is 0 Å². The molecule has 0 saturated heterocycles. The van der Waals surface area contributed by atoms with E-state index in [1.807, 2.05) is 13.8 Å². The van der Waals surface area contributed by atoms with Crippen LogP contribution in [0.15, 0.2) is 0 Å². The van der Waals surface area contributed by atoms with Crippen LogP contribution in [0.2, 0.25) is 0 Å². The van der Waals surface area contributed by atoms with E-state index in [0.717, 1.165) is 19.3 Å². The van der Waals surface area contributed by atoms with E-state index in [2.05, 4.69) is 0 Å². The minimum Gasteiger partial charge on any atom is -0.374 e. The summed E-state index contributed by atoms with van der Waals surface area (Å²) >= 11 is 0. The second-order valence-corrected chi connectivity index (χ2v) is 2.91. The van der Waals surface area contributed by atoms with Crippen LogP contribution in [0.5, 0.6) is 0 Å². The zero-order valence-corrected chi connectivity index (χ0v) is 8.01. The van der Waals surface area contributed by atoms with Gasteiger partial charge in [-0.05, 0) is 12.8 Å². The van der Waals surface area contributed by atoms with E-state index in [9.17, 15) is 4.79 Å². The zero-order chi connectivity index (χ0) is 9.40. The van der Waals surface area contributed by atoms with Crippen LogP contribution < -0.4 is 5.73 Å². The summed E-state index contributed by atoms with van der Waals surface area (Å²) in [6.45, 7) is 4.84. The molecule has 0 aromatic rings. The quantitative estimate of drug-likeness (QED) is 0.587. The fraction of sp³-hybridized carbons (Fsp3) is 0.889. The predicted octanol–water partition coefficient (Wildman–Crippen LogP) is 1.11.